The molecule has 2 unspecified atom stereocenters. The van der Waals surface area contributed by atoms with Crippen LogP contribution in [0.3, 0.4) is 0 Å². The van der Waals surface area contributed by atoms with Crippen molar-refractivity contribution >= 4 is 5.97 Å². The fourth-order valence-corrected chi connectivity index (χ4v) is 1.38. The Morgan fingerprint density at radius 1 is 1.71 bits per heavy atom. The van der Waals surface area contributed by atoms with Gasteiger partial charge in [-0.2, -0.15) is 0 Å². The van der Waals surface area contributed by atoms with Crippen LogP contribution in [0, 0.1) is 5.92 Å². The van der Waals surface area contributed by atoms with Crippen molar-refractivity contribution in [1.82, 2.24) is 0 Å². The molecule has 1 fully saturated rings. The fraction of sp³-hybridized carbons (Fsp3) is 0.727. The van der Waals surface area contributed by atoms with Crippen LogP contribution < -0.4 is 0 Å². The fourth-order valence-electron chi connectivity index (χ4n) is 1.38. The van der Waals surface area contributed by atoms with E-state index in [1.165, 1.54) is 0 Å². The summed E-state index contributed by atoms with van der Waals surface area (Å²) < 4.78 is 10.3. The predicted molar refractivity (Wildman–Crippen MR) is 53.9 cm³/mol. The molecule has 3 heteroatoms. The van der Waals surface area contributed by atoms with Crippen molar-refractivity contribution in [3.63, 3.8) is 0 Å². The molecule has 0 radical (unpaired) electrons. The van der Waals surface area contributed by atoms with Crippen LogP contribution >= 0.6 is 0 Å². The Morgan fingerprint density at radius 3 is 2.79 bits per heavy atom. The quantitative estimate of drug-likeness (QED) is 0.372. The van der Waals surface area contributed by atoms with Crippen LogP contribution in [0.15, 0.2) is 12.2 Å². The Labute approximate surface area is 85.1 Å². The third-order valence-corrected chi connectivity index (χ3v) is 2.32. The highest BCUT2D eigenvalue weighted by atomic mass is 16.6. The van der Waals surface area contributed by atoms with Gasteiger partial charge >= 0.3 is 5.97 Å². The second-order valence-electron chi connectivity index (χ2n) is 3.80. The van der Waals surface area contributed by atoms with Crippen LogP contribution in [0.1, 0.15) is 26.7 Å². The summed E-state index contributed by atoms with van der Waals surface area (Å²) >= 11 is 0. The molecule has 0 aromatic heterocycles. The van der Waals surface area contributed by atoms with E-state index >= 15 is 0 Å². The van der Waals surface area contributed by atoms with E-state index in [1.807, 2.05) is 0 Å². The van der Waals surface area contributed by atoms with E-state index in [0.717, 1.165) is 19.4 Å². The number of hydrogen-bond donors (Lipinski definition) is 0. The highest BCUT2D eigenvalue weighted by Gasteiger charge is 2.32. The van der Waals surface area contributed by atoms with Crippen molar-refractivity contribution in [3.05, 3.63) is 12.2 Å². The monoisotopic (exact) mass is 198 g/mol. The molecular formula is C11H18O3. The molecule has 1 heterocycles. The van der Waals surface area contributed by atoms with Crippen LogP contribution in [-0.4, -0.2) is 25.3 Å². The molecule has 0 bridgehead atoms. The van der Waals surface area contributed by atoms with Crippen LogP contribution in [0.5, 0.6) is 0 Å². The van der Waals surface area contributed by atoms with E-state index in [1.54, 1.807) is 6.92 Å². The zero-order valence-electron chi connectivity index (χ0n) is 8.91. The van der Waals surface area contributed by atoms with Crippen molar-refractivity contribution < 1.29 is 14.3 Å². The Bertz CT molecular complexity index is 219. The molecule has 0 aliphatic carbocycles. The molecule has 3 nitrogen and oxygen atoms in total. The first kappa shape index (κ1) is 11.2. The van der Waals surface area contributed by atoms with Gasteiger partial charge in [-0.3, -0.25) is 0 Å². The zero-order chi connectivity index (χ0) is 10.6. The number of carbonyl (C=O) groups is 1. The molecule has 1 rings (SSSR count). The van der Waals surface area contributed by atoms with E-state index < -0.39 is 0 Å². The molecule has 0 spiro atoms. The second kappa shape index (κ2) is 5.15. The van der Waals surface area contributed by atoms with Gasteiger partial charge in [-0.1, -0.05) is 19.9 Å². The molecule has 0 N–H and O–H groups in total. The van der Waals surface area contributed by atoms with Crippen LogP contribution in [0.4, 0.5) is 0 Å². The molecule has 14 heavy (non-hydrogen) atoms. The van der Waals surface area contributed by atoms with Crippen molar-refractivity contribution in [1.29, 1.82) is 0 Å². The lowest BCUT2D eigenvalue weighted by atomic mass is 10.0. The van der Waals surface area contributed by atoms with Crippen molar-refractivity contribution in [2.75, 3.05) is 13.2 Å². The molecule has 0 aromatic carbocycles. The number of hydrogen-bond acceptors (Lipinski definition) is 3. The lowest BCUT2D eigenvalue weighted by Gasteiger charge is -2.13. The second-order valence-corrected chi connectivity index (χ2v) is 3.80. The maximum Gasteiger partial charge on any atom is 0.333 e. The Balaban J connectivity index is 2.25. The molecule has 1 saturated heterocycles. The summed E-state index contributed by atoms with van der Waals surface area (Å²) in [6, 6.07) is 0. The van der Waals surface area contributed by atoms with E-state index in [0.29, 0.717) is 24.2 Å². The Hall–Kier alpha value is -0.830. The van der Waals surface area contributed by atoms with Gasteiger partial charge in [0, 0.05) is 11.5 Å². The third-order valence-electron chi connectivity index (χ3n) is 2.32. The minimum Gasteiger partial charge on any atom is -0.462 e. The number of carbonyl (C=O) groups excluding carboxylic acids is 1. The van der Waals surface area contributed by atoms with Gasteiger partial charge in [0.1, 0.15) is 0 Å². The topological polar surface area (TPSA) is 38.8 Å². The van der Waals surface area contributed by atoms with Gasteiger partial charge in [0.2, 0.25) is 0 Å². The highest BCUT2D eigenvalue weighted by Crippen LogP contribution is 2.24. The van der Waals surface area contributed by atoms with Gasteiger partial charge in [-0.05, 0) is 13.3 Å². The summed E-state index contributed by atoms with van der Waals surface area (Å²) in [5, 5.41) is 0. The molecule has 0 aromatic rings. The van der Waals surface area contributed by atoms with Crippen molar-refractivity contribution in [2.24, 2.45) is 5.92 Å². The first-order valence-corrected chi connectivity index (χ1v) is 5.09. The zero-order valence-corrected chi connectivity index (χ0v) is 8.91. The standard InChI is InChI=1S/C11H18O3/c1-4-5-9(10-7-13-10)6-14-11(12)8(2)3/h9-10H,2,4-7H2,1,3H3. The highest BCUT2D eigenvalue weighted by molar-refractivity contribution is 5.86. The third kappa shape index (κ3) is 3.50. The first-order chi connectivity index (χ1) is 6.65. The van der Waals surface area contributed by atoms with Gasteiger partial charge in [-0.25, -0.2) is 4.79 Å². The van der Waals surface area contributed by atoms with E-state index in [2.05, 4.69) is 13.5 Å². The smallest absolute Gasteiger partial charge is 0.333 e. The summed E-state index contributed by atoms with van der Waals surface area (Å²) in [6.07, 6.45) is 2.45. The van der Waals surface area contributed by atoms with Crippen LogP contribution in [0.2, 0.25) is 0 Å². The lowest BCUT2D eigenvalue weighted by Crippen LogP contribution is -2.19. The summed E-state index contributed by atoms with van der Waals surface area (Å²) in [6.45, 7) is 8.59. The molecule has 1 aliphatic rings. The van der Waals surface area contributed by atoms with E-state index in [4.69, 9.17) is 9.47 Å². The minimum absolute atomic E-state index is 0.299. The van der Waals surface area contributed by atoms with E-state index in [9.17, 15) is 4.79 Å². The molecule has 0 amide bonds. The number of rotatable bonds is 6. The normalized spacial score (nSPS) is 21.4. The SMILES string of the molecule is C=C(C)C(=O)OCC(CCC)C1CO1. The average Bonchev–Trinajstić information content (AvgIpc) is 2.94. The Kier molecular flexibility index (Phi) is 4.14. The predicted octanol–water partition coefficient (Wildman–Crippen LogP) is 1.92. The molecular weight excluding hydrogens is 180 g/mol. The minimum atomic E-state index is -0.299. The molecule has 1 aliphatic heterocycles. The van der Waals surface area contributed by atoms with Gasteiger partial charge in [-0.15, -0.1) is 0 Å². The van der Waals surface area contributed by atoms with Gasteiger partial charge in [0.25, 0.3) is 0 Å². The van der Waals surface area contributed by atoms with E-state index in [-0.39, 0.29) is 5.97 Å². The van der Waals surface area contributed by atoms with Crippen LogP contribution in [0.25, 0.3) is 0 Å². The summed E-state index contributed by atoms with van der Waals surface area (Å²) in [5.41, 5.74) is 0.456. The maximum atomic E-state index is 11.1. The first-order valence-electron chi connectivity index (χ1n) is 5.09. The van der Waals surface area contributed by atoms with Crippen molar-refractivity contribution in [2.45, 2.75) is 32.8 Å². The molecule has 80 valence electrons. The number of ether oxygens (including phenoxy) is 2. The maximum absolute atomic E-state index is 11.1. The van der Waals surface area contributed by atoms with Crippen molar-refractivity contribution in [3.8, 4) is 0 Å². The van der Waals surface area contributed by atoms with Gasteiger partial charge in [0.05, 0.1) is 19.3 Å². The Morgan fingerprint density at radius 2 is 2.36 bits per heavy atom. The van der Waals surface area contributed by atoms with Gasteiger partial charge in [0.15, 0.2) is 0 Å². The average molecular weight is 198 g/mol. The largest absolute Gasteiger partial charge is 0.462 e. The summed E-state index contributed by atoms with van der Waals surface area (Å²) in [5.74, 6) is 0.0649. The number of epoxide rings is 1. The number of esters is 1. The summed E-state index contributed by atoms with van der Waals surface area (Å²) in [7, 11) is 0. The molecule has 0 saturated carbocycles. The summed E-state index contributed by atoms with van der Waals surface area (Å²) in [4.78, 5) is 11.1. The molecule has 2 atom stereocenters. The van der Waals surface area contributed by atoms with Gasteiger partial charge < -0.3 is 9.47 Å². The lowest BCUT2D eigenvalue weighted by molar-refractivity contribution is -0.140. The van der Waals surface area contributed by atoms with Crippen LogP contribution in [-0.2, 0) is 14.3 Å².